The number of para-hydroxylation sites is 2. The number of carbonyl (C=O) groups excluding carboxylic acids is 2. The molecular formula is C28H22Br4CuN4O6+4. The SMILES string of the molecule is O=C(NN=Cc1cc(Br)cc(Br)c1[OH2+])c1ccccc1O.O=C(NN=Cc1cc(Br)cc(Br)c1[OH2+])c1ccccc1O.[Cu+2]. The Hall–Kier alpha value is -3.20. The standard InChI is InChI=1S/2C14H10Br2N2O3.Cu/c2*15-9-5-8(13(20)11(16)6-9)7-17-18-14(21)10-3-1-2-4-12(10)19;/h2*1-7,19-20H,(H,18,21);/q;;+2/p+2. The van der Waals surface area contributed by atoms with Crippen LogP contribution in [-0.2, 0) is 17.1 Å². The van der Waals surface area contributed by atoms with Crippen molar-refractivity contribution < 1.29 is 47.1 Å². The molecule has 0 aliphatic rings. The summed E-state index contributed by atoms with van der Waals surface area (Å²) in [7, 11) is 0. The monoisotopic (exact) mass is 889 g/mol. The van der Waals surface area contributed by atoms with Crippen LogP contribution < -0.4 is 10.9 Å². The summed E-state index contributed by atoms with van der Waals surface area (Å²) < 4.78 is 2.81. The molecule has 0 saturated heterocycles. The molecule has 0 fully saturated rings. The van der Waals surface area contributed by atoms with E-state index in [2.05, 4.69) is 84.8 Å². The molecule has 0 aromatic heterocycles. The van der Waals surface area contributed by atoms with Crippen molar-refractivity contribution in [1.29, 1.82) is 0 Å². The Morgan fingerprint density at radius 1 is 0.651 bits per heavy atom. The summed E-state index contributed by atoms with van der Waals surface area (Å²) in [6.07, 6.45) is 2.74. The number of hydrogen-bond donors (Lipinski definition) is 4. The minimum atomic E-state index is -0.523. The maximum Gasteiger partial charge on any atom is 2.00 e. The van der Waals surface area contributed by atoms with Gasteiger partial charge in [-0.15, -0.1) is 0 Å². The molecule has 8 N–H and O–H groups in total. The molecule has 0 bridgehead atoms. The van der Waals surface area contributed by atoms with Crippen LogP contribution in [0.5, 0.6) is 23.0 Å². The van der Waals surface area contributed by atoms with E-state index in [-0.39, 0.29) is 51.2 Å². The van der Waals surface area contributed by atoms with Gasteiger partial charge in [0.25, 0.3) is 23.3 Å². The average Bonchev–Trinajstić information content (AvgIpc) is 2.94. The number of nitrogens with zero attached hydrogens (tertiary/aromatic N) is 2. The van der Waals surface area contributed by atoms with Gasteiger partial charge in [-0.05, 0) is 80.4 Å². The minimum absolute atomic E-state index is 0. The molecule has 0 heterocycles. The van der Waals surface area contributed by atoms with Crippen LogP contribution in [0.25, 0.3) is 0 Å². The smallest absolute Gasteiger partial charge is 0.592 e. The molecule has 0 aliphatic heterocycles. The Labute approximate surface area is 289 Å². The fourth-order valence-electron chi connectivity index (χ4n) is 3.16. The number of phenols is 2. The second-order valence-electron chi connectivity index (χ2n) is 8.14. The normalized spacial score (nSPS) is 10.5. The number of nitrogens with one attached hydrogen (secondary N) is 2. The van der Waals surface area contributed by atoms with Crippen molar-refractivity contribution in [3.05, 3.63) is 113 Å². The number of amides is 2. The van der Waals surface area contributed by atoms with Gasteiger partial charge in [-0.3, -0.25) is 9.59 Å². The van der Waals surface area contributed by atoms with E-state index in [1.54, 1.807) is 48.5 Å². The van der Waals surface area contributed by atoms with Crippen LogP contribution in [0.3, 0.4) is 0 Å². The van der Waals surface area contributed by atoms with Crippen molar-refractivity contribution >= 4 is 88.0 Å². The molecule has 0 spiro atoms. The molecule has 2 amide bonds. The predicted octanol–water partition coefficient (Wildman–Crippen LogP) is 6.24. The van der Waals surface area contributed by atoms with Gasteiger partial charge in [-0.25, -0.2) is 10.9 Å². The first-order valence-electron chi connectivity index (χ1n) is 11.6. The third-order valence-corrected chi connectivity index (χ3v) is 7.37. The number of benzene rings is 4. The maximum absolute atomic E-state index is 11.8. The first-order valence-corrected chi connectivity index (χ1v) is 14.8. The van der Waals surface area contributed by atoms with Gasteiger partial charge in [0.05, 0.1) is 34.7 Å². The first kappa shape index (κ1) is 36.0. The van der Waals surface area contributed by atoms with Crippen LogP contribution in [0.1, 0.15) is 31.8 Å². The molecule has 4 rings (SSSR count). The number of rotatable bonds is 6. The van der Waals surface area contributed by atoms with Crippen molar-refractivity contribution in [3.8, 4) is 23.0 Å². The molecule has 225 valence electrons. The van der Waals surface area contributed by atoms with Crippen molar-refractivity contribution in [3.63, 3.8) is 0 Å². The van der Waals surface area contributed by atoms with E-state index in [1.807, 2.05) is 0 Å². The fraction of sp³-hybridized carbons (Fsp3) is 0. The Balaban J connectivity index is 0.000000293. The van der Waals surface area contributed by atoms with E-state index in [0.29, 0.717) is 20.1 Å². The third kappa shape index (κ3) is 10.5. The molecule has 0 unspecified atom stereocenters. The van der Waals surface area contributed by atoms with E-state index < -0.39 is 11.8 Å². The van der Waals surface area contributed by atoms with E-state index >= 15 is 0 Å². The molecule has 0 aliphatic carbocycles. The molecule has 0 saturated carbocycles. The molecule has 4 aromatic rings. The topological polar surface area (TPSA) is 169 Å². The van der Waals surface area contributed by atoms with Crippen LogP contribution in [0.2, 0.25) is 0 Å². The van der Waals surface area contributed by atoms with Gasteiger partial charge in [0.1, 0.15) is 20.4 Å². The molecule has 1 radical (unpaired) electrons. The van der Waals surface area contributed by atoms with E-state index in [0.717, 1.165) is 8.95 Å². The number of halogens is 4. The van der Waals surface area contributed by atoms with Gasteiger partial charge in [0.15, 0.2) is 0 Å². The van der Waals surface area contributed by atoms with Crippen molar-refractivity contribution in [2.75, 3.05) is 0 Å². The fourth-order valence-corrected chi connectivity index (χ4v) is 5.68. The summed E-state index contributed by atoms with van der Waals surface area (Å²) in [4.78, 5) is 23.6. The summed E-state index contributed by atoms with van der Waals surface area (Å²) in [5, 5.41) is 42.5. The second kappa shape index (κ2) is 17.2. The Morgan fingerprint density at radius 2 is 1.00 bits per heavy atom. The van der Waals surface area contributed by atoms with Gasteiger partial charge < -0.3 is 20.4 Å². The number of aromatic hydroxyl groups is 2. The Morgan fingerprint density at radius 3 is 1.35 bits per heavy atom. The number of phenolic OH excluding ortho intramolecular Hbond substituents is 2. The van der Waals surface area contributed by atoms with Gasteiger partial charge in [-0.1, -0.05) is 56.1 Å². The summed E-state index contributed by atoms with van der Waals surface area (Å²) in [6.45, 7) is 0. The largest absolute Gasteiger partial charge is 2.00 e. The van der Waals surface area contributed by atoms with Crippen LogP contribution >= 0.6 is 63.7 Å². The maximum atomic E-state index is 11.8. The zero-order valence-electron chi connectivity index (χ0n) is 21.5. The third-order valence-electron chi connectivity index (χ3n) is 5.21. The molecule has 10 nitrogen and oxygen atoms in total. The predicted molar refractivity (Wildman–Crippen MR) is 176 cm³/mol. The van der Waals surface area contributed by atoms with E-state index in [1.165, 1.54) is 36.7 Å². The minimum Gasteiger partial charge on any atom is -0.592 e. The van der Waals surface area contributed by atoms with Crippen LogP contribution in [0.4, 0.5) is 0 Å². The molecular weight excluding hydrogens is 871 g/mol. The number of carbonyl (C=O) groups is 2. The van der Waals surface area contributed by atoms with Crippen molar-refractivity contribution in [1.82, 2.24) is 10.9 Å². The average molecular weight is 894 g/mol. The van der Waals surface area contributed by atoms with Gasteiger partial charge in [0.2, 0.25) is 0 Å². The summed E-state index contributed by atoms with van der Waals surface area (Å²) in [6, 6.07) is 19.3. The molecule has 15 heteroatoms. The summed E-state index contributed by atoms with van der Waals surface area (Å²) in [5.74, 6) is -0.749. The molecule has 43 heavy (non-hydrogen) atoms. The van der Waals surface area contributed by atoms with E-state index in [9.17, 15) is 19.8 Å². The van der Waals surface area contributed by atoms with Gasteiger partial charge in [-0.2, -0.15) is 10.2 Å². The second-order valence-corrected chi connectivity index (χ2v) is 11.7. The molecule has 4 aromatic carbocycles. The summed E-state index contributed by atoms with van der Waals surface area (Å²) >= 11 is 13.2. The molecule has 0 atom stereocenters. The Kier molecular flexibility index (Phi) is 14.4. The van der Waals surface area contributed by atoms with E-state index in [4.69, 9.17) is 10.2 Å². The Bertz CT molecular complexity index is 1560. The van der Waals surface area contributed by atoms with Gasteiger partial charge in [0, 0.05) is 8.95 Å². The van der Waals surface area contributed by atoms with Gasteiger partial charge >= 0.3 is 17.1 Å². The van der Waals surface area contributed by atoms with Crippen molar-refractivity contribution in [2.24, 2.45) is 10.2 Å². The quantitative estimate of drug-likeness (QED) is 0.0780. The van der Waals surface area contributed by atoms with Crippen LogP contribution in [0, 0.1) is 0 Å². The zero-order chi connectivity index (χ0) is 30.8. The van der Waals surface area contributed by atoms with Crippen LogP contribution in [0.15, 0.2) is 101 Å². The van der Waals surface area contributed by atoms with Crippen LogP contribution in [-0.4, -0.2) is 44.7 Å². The number of hydrazone groups is 2. The first-order chi connectivity index (χ1) is 20.0. The number of hydrogen-bond acceptors (Lipinski definition) is 6. The van der Waals surface area contributed by atoms with Crippen molar-refractivity contribution in [2.45, 2.75) is 0 Å². The zero-order valence-corrected chi connectivity index (χ0v) is 28.8. The summed E-state index contributed by atoms with van der Waals surface area (Å²) in [5.41, 5.74) is 5.96.